The van der Waals surface area contributed by atoms with Gasteiger partial charge in [-0.25, -0.2) is 4.79 Å². The van der Waals surface area contributed by atoms with Crippen LogP contribution in [-0.4, -0.2) is 45.8 Å². The molecule has 1 aliphatic rings. The van der Waals surface area contributed by atoms with E-state index in [1.54, 1.807) is 18.3 Å². The number of anilines is 2. The Hall–Kier alpha value is -3.54. The van der Waals surface area contributed by atoms with Gasteiger partial charge in [0.1, 0.15) is 11.4 Å². The largest absolute Gasteiger partial charge is 0.493 e. The van der Waals surface area contributed by atoms with E-state index >= 15 is 0 Å². The molecule has 4 rings (SSSR count). The first-order valence-electron chi connectivity index (χ1n) is 10.3. The zero-order chi connectivity index (χ0) is 22.2. The molecule has 0 radical (unpaired) electrons. The van der Waals surface area contributed by atoms with E-state index in [9.17, 15) is 4.79 Å². The van der Waals surface area contributed by atoms with Crippen molar-refractivity contribution >= 4 is 17.3 Å². The third kappa shape index (κ3) is 3.38. The summed E-state index contributed by atoms with van der Waals surface area (Å²) in [7, 11) is 7.94. The lowest BCUT2D eigenvalue weighted by Gasteiger charge is -2.31. The number of ether oxygens (including phenoxy) is 2. The van der Waals surface area contributed by atoms with Crippen LogP contribution in [0.3, 0.4) is 0 Å². The lowest BCUT2D eigenvalue weighted by Crippen LogP contribution is -2.31. The van der Waals surface area contributed by atoms with Crippen molar-refractivity contribution in [3.63, 3.8) is 0 Å². The second kappa shape index (κ2) is 7.95. The van der Waals surface area contributed by atoms with Crippen LogP contribution in [0.4, 0.5) is 11.4 Å². The zero-order valence-electron chi connectivity index (χ0n) is 18.5. The van der Waals surface area contributed by atoms with E-state index in [4.69, 9.17) is 9.47 Å². The van der Waals surface area contributed by atoms with Crippen LogP contribution in [0, 0.1) is 0 Å². The minimum absolute atomic E-state index is 0.390. The van der Waals surface area contributed by atoms with Gasteiger partial charge in [-0.2, -0.15) is 0 Å². The summed E-state index contributed by atoms with van der Waals surface area (Å²) in [5.74, 6) is 0.274. The molecule has 1 atom stereocenters. The van der Waals surface area contributed by atoms with Gasteiger partial charge in [0.2, 0.25) is 5.60 Å². The number of aromatic nitrogens is 1. The van der Waals surface area contributed by atoms with E-state index in [1.807, 2.05) is 87.4 Å². The average molecular weight is 418 g/mol. The Morgan fingerprint density at radius 3 is 2.29 bits per heavy atom. The van der Waals surface area contributed by atoms with Gasteiger partial charge in [-0.1, -0.05) is 12.1 Å². The van der Waals surface area contributed by atoms with Gasteiger partial charge >= 0.3 is 5.97 Å². The van der Waals surface area contributed by atoms with Crippen LogP contribution in [0.15, 0.2) is 60.8 Å². The maximum Gasteiger partial charge on any atom is 0.341 e. The monoisotopic (exact) mass is 417 g/mol. The van der Waals surface area contributed by atoms with Crippen molar-refractivity contribution in [2.24, 2.45) is 0 Å². The van der Waals surface area contributed by atoms with E-state index in [2.05, 4.69) is 4.98 Å². The normalized spacial score (nSPS) is 17.1. The smallest absolute Gasteiger partial charge is 0.341 e. The maximum atomic E-state index is 12.9. The lowest BCUT2D eigenvalue weighted by atomic mass is 9.82. The summed E-state index contributed by atoms with van der Waals surface area (Å²) in [5.41, 5.74) is 3.49. The van der Waals surface area contributed by atoms with Crippen molar-refractivity contribution in [2.75, 3.05) is 44.6 Å². The molecule has 0 bridgehead atoms. The first kappa shape index (κ1) is 20.7. The summed E-state index contributed by atoms with van der Waals surface area (Å²) in [6, 6.07) is 17.5. The Bertz CT molecular complexity index is 1110. The van der Waals surface area contributed by atoms with E-state index in [-0.39, 0.29) is 5.97 Å². The van der Waals surface area contributed by atoms with Gasteiger partial charge in [-0.15, -0.1) is 0 Å². The van der Waals surface area contributed by atoms with Crippen molar-refractivity contribution in [3.05, 3.63) is 83.2 Å². The molecule has 1 aliphatic heterocycles. The van der Waals surface area contributed by atoms with Crippen LogP contribution in [0.1, 0.15) is 34.1 Å². The van der Waals surface area contributed by atoms with Gasteiger partial charge in [0.25, 0.3) is 0 Å². The van der Waals surface area contributed by atoms with Crippen LogP contribution in [0.25, 0.3) is 0 Å². The zero-order valence-corrected chi connectivity index (χ0v) is 18.5. The van der Waals surface area contributed by atoms with E-state index in [0.717, 1.165) is 22.5 Å². The molecular formula is C25H27N3O3. The molecule has 31 heavy (non-hydrogen) atoms. The van der Waals surface area contributed by atoms with Crippen molar-refractivity contribution in [1.82, 2.24) is 4.98 Å². The molecule has 0 N–H and O–H groups in total. The highest BCUT2D eigenvalue weighted by Crippen LogP contribution is 2.49. The highest BCUT2D eigenvalue weighted by molar-refractivity contribution is 5.95. The topological polar surface area (TPSA) is 54.9 Å². The first-order chi connectivity index (χ1) is 14.9. The fourth-order valence-electron chi connectivity index (χ4n) is 3.98. The third-order valence-electron chi connectivity index (χ3n) is 5.56. The van der Waals surface area contributed by atoms with Crippen LogP contribution < -0.4 is 14.5 Å². The summed E-state index contributed by atoms with van der Waals surface area (Å²) in [6.45, 7) is 2.43. The Labute approximate surface area is 183 Å². The van der Waals surface area contributed by atoms with Gasteiger partial charge in [-0.3, -0.25) is 4.98 Å². The minimum atomic E-state index is -1.19. The maximum absolute atomic E-state index is 12.9. The number of hydrogen-bond donors (Lipinski definition) is 0. The van der Waals surface area contributed by atoms with Crippen molar-refractivity contribution in [2.45, 2.75) is 12.5 Å². The first-order valence-corrected chi connectivity index (χ1v) is 10.3. The Kier molecular flexibility index (Phi) is 5.31. The van der Waals surface area contributed by atoms with Crippen molar-refractivity contribution in [1.29, 1.82) is 0 Å². The highest BCUT2D eigenvalue weighted by atomic mass is 16.6. The van der Waals surface area contributed by atoms with Crippen molar-refractivity contribution < 1.29 is 14.3 Å². The Balaban J connectivity index is 2.01. The molecule has 1 unspecified atom stereocenters. The third-order valence-corrected chi connectivity index (χ3v) is 5.56. The van der Waals surface area contributed by atoms with Crippen LogP contribution in [-0.2, 0) is 10.3 Å². The number of carbonyl (C=O) groups excluding carboxylic acids is 1. The summed E-state index contributed by atoms with van der Waals surface area (Å²) in [4.78, 5) is 21.6. The van der Waals surface area contributed by atoms with Crippen LogP contribution >= 0.6 is 0 Å². The molecule has 0 spiro atoms. The second-order valence-electron chi connectivity index (χ2n) is 7.92. The number of nitrogens with zero attached hydrogens (tertiary/aromatic N) is 3. The number of cyclic esters (lactones) is 1. The molecule has 0 saturated carbocycles. The van der Waals surface area contributed by atoms with Crippen molar-refractivity contribution in [3.8, 4) is 5.75 Å². The Morgan fingerprint density at radius 1 is 0.968 bits per heavy atom. The molecular weight excluding hydrogens is 390 g/mol. The van der Waals surface area contributed by atoms with E-state index < -0.39 is 5.60 Å². The van der Waals surface area contributed by atoms with Gasteiger partial charge in [0.15, 0.2) is 0 Å². The number of benzene rings is 2. The summed E-state index contributed by atoms with van der Waals surface area (Å²) in [5, 5.41) is 0. The molecule has 0 amide bonds. The van der Waals surface area contributed by atoms with E-state index in [0.29, 0.717) is 23.6 Å². The van der Waals surface area contributed by atoms with Crippen LogP contribution in [0.5, 0.6) is 5.75 Å². The fraction of sp³-hybridized carbons (Fsp3) is 0.280. The van der Waals surface area contributed by atoms with E-state index in [1.165, 1.54) is 0 Å². The van der Waals surface area contributed by atoms with Gasteiger partial charge in [0.05, 0.1) is 12.2 Å². The molecule has 6 heteroatoms. The number of hydrogen-bond acceptors (Lipinski definition) is 6. The predicted molar refractivity (Wildman–Crippen MR) is 122 cm³/mol. The van der Waals surface area contributed by atoms with Crippen LogP contribution in [0.2, 0.25) is 0 Å². The number of esters is 1. The highest BCUT2D eigenvalue weighted by Gasteiger charge is 2.51. The molecule has 0 saturated heterocycles. The van der Waals surface area contributed by atoms with Gasteiger partial charge < -0.3 is 19.3 Å². The van der Waals surface area contributed by atoms with Gasteiger partial charge in [-0.05, 0) is 43.3 Å². The Morgan fingerprint density at radius 2 is 1.65 bits per heavy atom. The molecule has 2 heterocycles. The molecule has 3 aromatic rings. The number of carbonyl (C=O) groups is 1. The standard InChI is InChI=1S/C25H27N3O3/c1-6-30-22-16-19(28(4)5)13-14-21(22)25(17-9-11-18(12-10-17)27(2)3)23-20(24(29)31-25)8-7-15-26-23/h7-16H,6H2,1-5H3. The molecule has 6 nitrogen and oxygen atoms in total. The molecule has 0 fully saturated rings. The van der Waals surface area contributed by atoms with Gasteiger partial charge in [0, 0.05) is 63.0 Å². The predicted octanol–water partition coefficient (Wildman–Crippen LogP) is 4.07. The number of pyridine rings is 1. The summed E-state index contributed by atoms with van der Waals surface area (Å²) < 4.78 is 12.2. The molecule has 0 aliphatic carbocycles. The fourth-order valence-corrected chi connectivity index (χ4v) is 3.98. The number of rotatable bonds is 6. The minimum Gasteiger partial charge on any atom is -0.493 e. The lowest BCUT2D eigenvalue weighted by molar-refractivity contribution is 0.0235. The molecule has 1 aromatic heterocycles. The SMILES string of the molecule is CCOc1cc(N(C)C)ccc1C1(c2ccc(N(C)C)cc2)OC(=O)c2cccnc21. The summed E-state index contributed by atoms with van der Waals surface area (Å²) >= 11 is 0. The second-order valence-corrected chi connectivity index (χ2v) is 7.92. The molecule has 160 valence electrons. The average Bonchev–Trinajstić information content (AvgIpc) is 3.07. The summed E-state index contributed by atoms with van der Waals surface area (Å²) in [6.07, 6.45) is 1.69. The number of fused-ring (bicyclic) bond motifs is 1. The molecule has 2 aromatic carbocycles. The quantitative estimate of drug-likeness (QED) is 0.564.